The second-order valence-corrected chi connectivity index (χ2v) is 10.2. The molecule has 166 valence electrons. The van der Waals surface area contributed by atoms with E-state index in [4.69, 9.17) is 4.74 Å². The number of aryl methyl sites for hydroxylation is 2. The molecule has 1 amide bonds. The molecule has 0 atom stereocenters. The van der Waals surface area contributed by atoms with Gasteiger partial charge in [0.05, 0.1) is 4.90 Å². The van der Waals surface area contributed by atoms with Crippen LogP contribution >= 0.6 is 0 Å². The zero-order valence-electron chi connectivity index (χ0n) is 17.8. The first-order chi connectivity index (χ1) is 15.0. The maximum atomic E-state index is 12.8. The van der Waals surface area contributed by atoms with Gasteiger partial charge in [-0.1, -0.05) is 24.3 Å². The average Bonchev–Trinajstić information content (AvgIpc) is 2.82. The van der Waals surface area contributed by atoms with Gasteiger partial charge in [0.25, 0.3) is 5.91 Å². The number of amides is 1. The molecule has 2 aromatic carbocycles. The molecule has 1 aliphatic carbocycles. The van der Waals surface area contributed by atoms with Crippen LogP contribution in [0.3, 0.4) is 0 Å². The Balaban J connectivity index is 1.24. The van der Waals surface area contributed by atoms with Crippen LogP contribution in [0.2, 0.25) is 0 Å². The van der Waals surface area contributed by atoms with Crippen LogP contribution in [0.15, 0.2) is 53.4 Å². The van der Waals surface area contributed by atoms with Crippen LogP contribution in [-0.4, -0.2) is 45.5 Å². The molecule has 0 saturated carbocycles. The van der Waals surface area contributed by atoms with Crippen molar-refractivity contribution < 1.29 is 17.9 Å². The van der Waals surface area contributed by atoms with E-state index in [1.165, 1.54) is 17.5 Å². The Labute approximate surface area is 184 Å². The van der Waals surface area contributed by atoms with E-state index in [0.717, 1.165) is 32.1 Å². The standard InChI is InChI=1S/C24H30N2O4S/c27-24(18-30-22-8-2-1-3-9-22)26-14-12-19(13-15-26)17-25-31(28,29)23-11-10-20-6-4-5-7-21(20)16-23/h1-3,8-11,16,19,25H,4-7,12-15,17-18H2. The van der Waals surface area contributed by atoms with Crippen LogP contribution in [0.5, 0.6) is 5.75 Å². The van der Waals surface area contributed by atoms with E-state index in [1.54, 1.807) is 11.0 Å². The molecule has 1 N–H and O–H groups in total. The van der Waals surface area contributed by atoms with Gasteiger partial charge in [-0.3, -0.25) is 4.79 Å². The maximum Gasteiger partial charge on any atom is 0.260 e. The molecule has 0 spiro atoms. The van der Waals surface area contributed by atoms with Crippen molar-refractivity contribution >= 4 is 15.9 Å². The van der Waals surface area contributed by atoms with Gasteiger partial charge in [-0.25, -0.2) is 13.1 Å². The molecule has 0 unspecified atom stereocenters. The number of sulfonamides is 1. The summed E-state index contributed by atoms with van der Waals surface area (Å²) >= 11 is 0. The summed E-state index contributed by atoms with van der Waals surface area (Å²) in [5, 5.41) is 0. The summed E-state index contributed by atoms with van der Waals surface area (Å²) in [6.45, 7) is 1.69. The zero-order chi connectivity index (χ0) is 21.7. The fourth-order valence-corrected chi connectivity index (χ4v) is 5.49. The molecule has 1 aliphatic heterocycles. The topological polar surface area (TPSA) is 75.7 Å². The molecular weight excluding hydrogens is 412 g/mol. The van der Waals surface area contributed by atoms with Crippen LogP contribution in [0, 0.1) is 5.92 Å². The van der Waals surface area contributed by atoms with Gasteiger partial charge in [-0.2, -0.15) is 0 Å². The Kier molecular flexibility index (Phi) is 6.92. The van der Waals surface area contributed by atoms with Gasteiger partial charge in [0, 0.05) is 19.6 Å². The van der Waals surface area contributed by atoms with Gasteiger partial charge in [0.15, 0.2) is 6.61 Å². The number of para-hydroxylation sites is 1. The Morgan fingerprint density at radius 1 is 1.00 bits per heavy atom. The van der Waals surface area contributed by atoms with Gasteiger partial charge in [0.2, 0.25) is 10.0 Å². The molecule has 1 saturated heterocycles. The Bertz CT molecular complexity index is 999. The van der Waals surface area contributed by atoms with Crippen molar-refractivity contribution in [3.63, 3.8) is 0 Å². The number of fused-ring (bicyclic) bond motifs is 1. The minimum atomic E-state index is -3.51. The van der Waals surface area contributed by atoms with E-state index < -0.39 is 10.0 Å². The van der Waals surface area contributed by atoms with Crippen molar-refractivity contribution in [1.82, 2.24) is 9.62 Å². The third kappa shape index (κ3) is 5.66. The maximum absolute atomic E-state index is 12.8. The number of carbonyl (C=O) groups is 1. The van der Waals surface area contributed by atoms with Crippen LogP contribution in [0.1, 0.15) is 36.8 Å². The van der Waals surface area contributed by atoms with E-state index in [-0.39, 0.29) is 18.4 Å². The average molecular weight is 443 g/mol. The zero-order valence-corrected chi connectivity index (χ0v) is 18.6. The molecule has 2 aliphatic rings. The number of benzene rings is 2. The number of carbonyl (C=O) groups excluding carboxylic acids is 1. The van der Waals surface area contributed by atoms with E-state index in [0.29, 0.717) is 30.3 Å². The number of hydrogen-bond acceptors (Lipinski definition) is 4. The number of hydrogen-bond donors (Lipinski definition) is 1. The molecule has 2 aromatic rings. The smallest absolute Gasteiger partial charge is 0.260 e. The SMILES string of the molecule is O=C(COc1ccccc1)N1CCC(CNS(=O)(=O)c2ccc3c(c2)CCCC3)CC1. The largest absolute Gasteiger partial charge is 0.484 e. The number of rotatable bonds is 7. The predicted molar refractivity (Wildman–Crippen MR) is 120 cm³/mol. The molecule has 0 radical (unpaired) electrons. The number of piperidine rings is 1. The lowest BCUT2D eigenvalue weighted by atomic mass is 9.92. The molecule has 7 heteroatoms. The molecule has 1 heterocycles. The van der Waals surface area contributed by atoms with Crippen molar-refractivity contribution in [2.24, 2.45) is 5.92 Å². The van der Waals surface area contributed by atoms with Crippen LogP contribution in [0.4, 0.5) is 0 Å². The first kappa shape index (κ1) is 21.8. The predicted octanol–water partition coefficient (Wildman–Crippen LogP) is 3.16. The third-order valence-corrected chi connectivity index (χ3v) is 7.69. The lowest BCUT2D eigenvalue weighted by Gasteiger charge is -2.32. The van der Waals surface area contributed by atoms with E-state index in [1.807, 2.05) is 42.5 Å². The Morgan fingerprint density at radius 2 is 1.71 bits per heavy atom. The monoisotopic (exact) mass is 442 g/mol. The van der Waals surface area contributed by atoms with Crippen molar-refractivity contribution in [2.45, 2.75) is 43.4 Å². The summed E-state index contributed by atoms with van der Waals surface area (Å²) in [4.78, 5) is 14.6. The highest BCUT2D eigenvalue weighted by molar-refractivity contribution is 7.89. The highest BCUT2D eigenvalue weighted by atomic mass is 32.2. The summed E-state index contributed by atoms with van der Waals surface area (Å²) in [6, 6.07) is 14.8. The van der Waals surface area contributed by atoms with Gasteiger partial charge >= 0.3 is 0 Å². The molecule has 6 nitrogen and oxygen atoms in total. The highest BCUT2D eigenvalue weighted by Crippen LogP contribution is 2.24. The van der Waals surface area contributed by atoms with Crippen LogP contribution in [-0.2, 0) is 27.7 Å². The van der Waals surface area contributed by atoms with Crippen molar-refractivity contribution in [2.75, 3.05) is 26.2 Å². The molecule has 1 fully saturated rings. The third-order valence-electron chi connectivity index (χ3n) is 6.27. The molecular formula is C24H30N2O4S. The Hall–Kier alpha value is -2.38. The second kappa shape index (κ2) is 9.83. The molecule has 31 heavy (non-hydrogen) atoms. The fraction of sp³-hybridized carbons (Fsp3) is 0.458. The summed E-state index contributed by atoms with van der Waals surface area (Å²) in [5.74, 6) is 0.880. The van der Waals surface area contributed by atoms with E-state index >= 15 is 0 Å². The summed E-state index contributed by atoms with van der Waals surface area (Å²) in [5.41, 5.74) is 2.44. The van der Waals surface area contributed by atoms with Gasteiger partial charge in [-0.05, 0) is 79.8 Å². The van der Waals surface area contributed by atoms with E-state index in [2.05, 4.69) is 4.72 Å². The summed E-state index contributed by atoms with van der Waals surface area (Å²) in [6.07, 6.45) is 5.86. The van der Waals surface area contributed by atoms with Gasteiger partial charge in [-0.15, -0.1) is 0 Å². The quantitative estimate of drug-likeness (QED) is 0.715. The second-order valence-electron chi connectivity index (χ2n) is 8.42. The highest BCUT2D eigenvalue weighted by Gasteiger charge is 2.25. The lowest BCUT2D eigenvalue weighted by molar-refractivity contribution is -0.134. The molecule has 0 aromatic heterocycles. The van der Waals surface area contributed by atoms with Crippen molar-refractivity contribution in [3.05, 3.63) is 59.7 Å². The summed E-state index contributed by atoms with van der Waals surface area (Å²) in [7, 11) is -3.51. The lowest BCUT2D eigenvalue weighted by Crippen LogP contribution is -2.43. The number of nitrogens with one attached hydrogen (secondary N) is 1. The first-order valence-electron chi connectivity index (χ1n) is 11.1. The van der Waals surface area contributed by atoms with Crippen LogP contribution < -0.4 is 9.46 Å². The van der Waals surface area contributed by atoms with Gasteiger partial charge in [0.1, 0.15) is 5.75 Å². The summed E-state index contributed by atoms with van der Waals surface area (Å²) < 4.78 is 33.9. The fourth-order valence-electron chi connectivity index (χ4n) is 4.33. The number of likely N-dealkylation sites (tertiary alicyclic amines) is 1. The number of nitrogens with zero attached hydrogens (tertiary/aromatic N) is 1. The van der Waals surface area contributed by atoms with Gasteiger partial charge < -0.3 is 9.64 Å². The van der Waals surface area contributed by atoms with Crippen molar-refractivity contribution in [3.8, 4) is 5.75 Å². The van der Waals surface area contributed by atoms with Crippen molar-refractivity contribution in [1.29, 1.82) is 0 Å². The molecule has 4 rings (SSSR count). The number of ether oxygens (including phenoxy) is 1. The minimum Gasteiger partial charge on any atom is -0.484 e. The normalized spacial score (nSPS) is 17.2. The van der Waals surface area contributed by atoms with E-state index in [9.17, 15) is 13.2 Å². The molecule has 0 bridgehead atoms. The first-order valence-corrected chi connectivity index (χ1v) is 12.6. The Morgan fingerprint density at radius 3 is 2.45 bits per heavy atom. The van der Waals surface area contributed by atoms with Crippen LogP contribution in [0.25, 0.3) is 0 Å². The minimum absolute atomic E-state index is 0.0274.